The molecule has 2 atom stereocenters. The number of ether oxygens (including phenoxy) is 2. The molecule has 0 fully saturated rings. The van der Waals surface area contributed by atoms with Crippen molar-refractivity contribution in [2.75, 3.05) is 19.0 Å². The molecule has 1 aromatic carbocycles. The normalized spacial score (nSPS) is 23.3. The van der Waals surface area contributed by atoms with Gasteiger partial charge < -0.3 is 19.9 Å². The van der Waals surface area contributed by atoms with E-state index in [0.29, 0.717) is 18.4 Å². The molecule has 1 aromatic heterocycles. The molecule has 1 aliphatic rings. The monoisotopic (exact) mass is 456 g/mol. The van der Waals surface area contributed by atoms with E-state index in [0.717, 1.165) is 6.07 Å². The fourth-order valence-corrected chi connectivity index (χ4v) is 3.10. The van der Waals surface area contributed by atoms with E-state index >= 15 is 0 Å². The molecule has 0 spiro atoms. The van der Waals surface area contributed by atoms with E-state index < -0.39 is 41.7 Å². The first kappa shape index (κ1) is 23.3. The number of para-hydroxylation sites is 2. The Morgan fingerprint density at radius 3 is 2.53 bits per heavy atom. The molecule has 0 saturated carbocycles. The fraction of sp³-hybridized carbons (Fsp3) is 0.350. The largest absolute Gasteiger partial charge is 0.495 e. The average molecular weight is 456 g/mol. The molecule has 0 unspecified atom stereocenters. The number of nitrogens with zero attached hydrogens (tertiary/aromatic N) is 2. The van der Waals surface area contributed by atoms with Crippen LogP contribution in [0, 0.1) is 5.82 Å². The number of benzene rings is 1. The zero-order chi connectivity index (χ0) is 23.7. The standard InChI is InChI=1S/C20H20F4N4O4/c1-18(10-32-19(2,20(22,23)24)16(28-18)27-17(29)30)15-11(21)8-9-14(26-15)25-12-6-4-5-7-13(12)31-3/h4-9H,10H2,1-3H3,(H,25,26)(H,27,28)(H,29,30)/t18-,19+/m0/s1. The van der Waals surface area contributed by atoms with Crippen LogP contribution in [-0.4, -0.2) is 47.5 Å². The molecule has 1 amide bonds. The third-order valence-electron chi connectivity index (χ3n) is 4.94. The summed E-state index contributed by atoms with van der Waals surface area (Å²) >= 11 is 0. The van der Waals surface area contributed by atoms with Crippen LogP contribution in [0.4, 0.5) is 33.9 Å². The number of aliphatic imine (C=N–C) groups is 1. The van der Waals surface area contributed by atoms with Gasteiger partial charge in [0.15, 0.2) is 0 Å². The Labute approximate surface area is 180 Å². The van der Waals surface area contributed by atoms with Gasteiger partial charge in [-0.05, 0) is 38.1 Å². The molecule has 8 nitrogen and oxygen atoms in total. The van der Waals surface area contributed by atoms with Crippen LogP contribution in [0.25, 0.3) is 0 Å². The first-order valence-corrected chi connectivity index (χ1v) is 9.27. The van der Waals surface area contributed by atoms with Gasteiger partial charge in [-0.2, -0.15) is 13.2 Å². The van der Waals surface area contributed by atoms with Gasteiger partial charge >= 0.3 is 12.3 Å². The Morgan fingerprint density at radius 2 is 1.91 bits per heavy atom. The number of rotatable bonds is 4. The summed E-state index contributed by atoms with van der Waals surface area (Å²) in [6.45, 7) is 1.24. The minimum atomic E-state index is -4.98. The van der Waals surface area contributed by atoms with E-state index in [1.165, 1.54) is 20.1 Å². The van der Waals surface area contributed by atoms with Crippen molar-refractivity contribution in [3.8, 4) is 5.75 Å². The molecule has 3 rings (SSSR count). The second kappa shape index (κ2) is 8.26. The van der Waals surface area contributed by atoms with Crippen molar-refractivity contribution in [2.24, 2.45) is 4.99 Å². The van der Waals surface area contributed by atoms with Crippen molar-refractivity contribution in [3.05, 3.63) is 47.9 Å². The number of halogens is 4. The minimum Gasteiger partial charge on any atom is -0.495 e. The summed E-state index contributed by atoms with van der Waals surface area (Å²) in [4.78, 5) is 19.2. The van der Waals surface area contributed by atoms with E-state index in [-0.39, 0.29) is 11.5 Å². The molecule has 2 aromatic rings. The Kier molecular flexibility index (Phi) is 6.00. The molecule has 0 aliphatic carbocycles. The predicted octanol–water partition coefficient (Wildman–Crippen LogP) is 4.21. The van der Waals surface area contributed by atoms with Crippen LogP contribution in [0.5, 0.6) is 5.75 Å². The summed E-state index contributed by atoms with van der Waals surface area (Å²) in [5.41, 5.74) is -4.57. The lowest BCUT2D eigenvalue weighted by atomic mass is 9.93. The molecule has 0 saturated heterocycles. The van der Waals surface area contributed by atoms with E-state index in [4.69, 9.17) is 14.6 Å². The number of methoxy groups -OCH3 is 1. The second-order valence-corrected chi connectivity index (χ2v) is 7.34. The first-order valence-electron chi connectivity index (χ1n) is 9.27. The van der Waals surface area contributed by atoms with Crippen molar-refractivity contribution < 1.29 is 36.9 Å². The smallest absolute Gasteiger partial charge is 0.424 e. The Hall–Kier alpha value is -3.41. The molecule has 2 heterocycles. The number of hydrogen-bond donors (Lipinski definition) is 3. The van der Waals surface area contributed by atoms with Crippen LogP contribution in [0.3, 0.4) is 0 Å². The highest BCUT2D eigenvalue weighted by Crippen LogP contribution is 2.41. The summed E-state index contributed by atoms with van der Waals surface area (Å²) in [5.74, 6) is -1.22. The molecule has 0 radical (unpaired) electrons. The van der Waals surface area contributed by atoms with Crippen LogP contribution in [0.15, 0.2) is 41.4 Å². The summed E-state index contributed by atoms with van der Waals surface area (Å²) in [6.07, 6.45) is -6.75. The number of carboxylic acid groups (broad SMARTS) is 1. The van der Waals surface area contributed by atoms with E-state index in [2.05, 4.69) is 15.3 Å². The highest BCUT2D eigenvalue weighted by atomic mass is 19.4. The topological polar surface area (TPSA) is 105 Å². The van der Waals surface area contributed by atoms with Gasteiger partial charge in [0.2, 0.25) is 5.60 Å². The molecule has 32 heavy (non-hydrogen) atoms. The highest BCUT2D eigenvalue weighted by Gasteiger charge is 2.60. The van der Waals surface area contributed by atoms with Crippen LogP contribution >= 0.6 is 0 Å². The highest BCUT2D eigenvalue weighted by molar-refractivity contribution is 6.01. The summed E-state index contributed by atoms with van der Waals surface area (Å²) in [7, 11) is 1.47. The molecule has 172 valence electrons. The molecular formula is C20H20F4N4O4. The van der Waals surface area contributed by atoms with Crippen molar-refractivity contribution in [3.63, 3.8) is 0 Å². The third-order valence-corrected chi connectivity index (χ3v) is 4.94. The SMILES string of the molecule is COc1ccccc1Nc1ccc(F)c([C@]2(C)CO[C@@](C)(C(F)(F)F)C(NC(=O)O)=N2)n1. The lowest BCUT2D eigenvalue weighted by Gasteiger charge is -2.41. The second-order valence-electron chi connectivity index (χ2n) is 7.34. The van der Waals surface area contributed by atoms with E-state index in [1.807, 2.05) is 0 Å². The predicted molar refractivity (Wildman–Crippen MR) is 107 cm³/mol. The maximum Gasteiger partial charge on any atom is 0.424 e. The Balaban J connectivity index is 2.05. The number of pyridine rings is 1. The molecular weight excluding hydrogens is 436 g/mol. The van der Waals surface area contributed by atoms with Gasteiger partial charge in [-0.1, -0.05) is 12.1 Å². The molecule has 3 N–H and O–H groups in total. The average Bonchev–Trinajstić information content (AvgIpc) is 2.71. The number of nitrogens with one attached hydrogen (secondary N) is 2. The van der Waals surface area contributed by atoms with Crippen molar-refractivity contribution in [2.45, 2.75) is 31.2 Å². The van der Waals surface area contributed by atoms with Crippen molar-refractivity contribution in [1.29, 1.82) is 0 Å². The summed E-state index contributed by atoms with van der Waals surface area (Å²) in [6, 6.07) is 9.27. The quantitative estimate of drug-likeness (QED) is 0.596. The number of hydrogen-bond acceptors (Lipinski definition) is 6. The van der Waals surface area contributed by atoms with E-state index in [1.54, 1.807) is 29.6 Å². The van der Waals surface area contributed by atoms with Crippen LogP contribution in [0.1, 0.15) is 19.5 Å². The van der Waals surface area contributed by atoms with Crippen molar-refractivity contribution >= 4 is 23.4 Å². The number of amides is 1. The molecule has 0 bridgehead atoms. The maximum atomic E-state index is 14.7. The molecule has 1 aliphatic heterocycles. The number of carbonyl (C=O) groups is 1. The lowest BCUT2D eigenvalue weighted by molar-refractivity contribution is -0.250. The van der Waals surface area contributed by atoms with Gasteiger partial charge in [-0.15, -0.1) is 0 Å². The van der Waals surface area contributed by atoms with Crippen LogP contribution in [-0.2, 0) is 10.3 Å². The Morgan fingerprint density at radius 1 is 1.22 bits per heavy atom. The summed E-state index contributed by atoms with van der Waals surface area (Å²) in [5, 5.41) is 13.6. The van der Waals surface area contributed by atoms with Gasteiger partial charge in [0.25, 0.3) is 0 Å². The van der Waals surface area contributed by atoms with Gasteiger partial charge in [0.05, 0.1) is 19.4 Å². The van der Waals surface area contributed by atoms with Crippen LogP contribution in [0.2, 0.25) is 0 Å². The number of aromatic nitrogens is 1. The minimum absolute atomic E-state index is 0.166. The third kappa shape index (κ3) is 4.31. The maximum absolute atomic E-state index is 14.7. The van der Waals surface area contributed by atoms with Gasteiger partial charge in [0, 0.05) is 0 Å². The zero-order valence-corrected chi connectivity index (χ0v) is 17.2. The Bertz CT molecular complexity index is 1060. The first-order chi connectivity index (χ1) is 14.9. The van der Waals surface area contributed by atoms with Gasteiger partial charge in [0.1, 0.15) is 34.5 Å². The van der Waals surface area contributed by atoms with Crippen LogP contribution < -0.4 is 15.4 Å². The lowest BCUT2D eigenvalue weighted by Crippen LogP contribution is -2.62. The molecule has 12 heteroatoms. The zero-order valence-electron chi connectivity index (χ0n) is 17.2. The number of amidine groups is 1. The van der Waals surface area contributed by atoms with Crippen molar-refractivity contribution in [1.82, 2.24) is 10.3 Å². The van der Waals surface area contributed by atoms with E-state index in [9.17, 15) is 22.4 Å². The summed E-state index contributed by atoms with van der Waals surface area (Å²) < 4.78 is 65.7. The number of anilines is 2. The number of alkyl halides is 3. The van der Waals surface area contributed by atoms with Gasteiger partial charge in [-0.25, -0.2) is 14.2 Å². The van der Waals surface area contributed by atoms with Gasteiger partial charge in [-0.3, -0.25) is 10.3 Å². The fourth-order valence-electron chi connectivity index (χ4n) is 3.10.